The van der Waals surface area contributed by atoms with Gasteiger partial charge in [0.25, 0.3) is 0 Å². The van der Waals surface area contributed by atoms with Crippen LogP contribution >= 0.6 is 12.8 Å². The number of ether oxygens (including phenoxy) is 1. The topological polar surface area (TPSA) is 99.8 Å². The lowest BCUT2D eigenvalue weighted by molar-refractivity contribution is 0.414. The first-order valence-electron chi connectivity index (χ1n) is 9.92. The molecule has 0 bridgehead atoms. The summed E-state index contributed by atoms with van der Waals surface area (Å²) < 4.78 is 8.06. The molecule has 0 fully saturated rings. The number of fused-ring (bicyclic) bond motifs is 1. The number of benzene rings is 1. The number of aromatic nitrogens is 6. The molecule has 0 radical (unpaired) electrons. The van der Waals surface area contributed by atoms with Gasteiger partial charge in [-0.05, 0) is 24.1 Å². The Morgan fingerprint density at radius 2 is 1.84 bits per heavy atom. The average Bonchev–Trinajstić information content (AvgIpc) is 3.03. The molecule has 160 valence electrons. The van der Waals surface area contributed by atoms with E-state index in [-0.39, 0.29) is 5.69 Å². The van der Waals surface area contributed by atoms with Crippen LogP contribution in [0.15, 0.2) is 47.8 Å². The van der Waals surface area contributed by atoms with E-state index in [1.807, 2.05) is 24.3 Å². The van der Waals surface area contributed by atoms with Gasteiger partial charge in [0.2, 0.25) is 0 Å². The second kappa shape index (κ2) is 9.17. The van der Waals surface area contributed by atoms with Gasteiger partial charge in [0.1, 0.15) is 23.4 Å². The first-order chi connectivity index (χ1) is 15.1. The minimum absolute atomic E-state index is 0.294. The van der Waals surface area contributed by atoms with Crippen molar-refractivity contribution < 1.29 is 4.74 Å². The summed E-state index contributed by atoms with van der Waals surface area (Å²) in [4.78, 5) is 30.4. The standard InChI is InChI=1S/C21H23N7O2S/c1-3-4-17-25-19(24-11-14-5-7-16(30-2)8-6-14)18-20(26-17)27(21(29)28(18)31)12-15-9-22-13-23-10-15/h5-10,13,31H,3-4,11-12H2,1-2H3,(H,24,25,26). The van der Waals surface area contributed by atoms with Crippen LogP contribution in [0.4, 0.5) is 5.82 Å². The highest BCUT2D eigenvalue weighted by Crippen LogP contribution is 2.23. The summed E-state index contributed by atoms with van der Waals surface area (Å²) in [5.74, 6) is 2.04. The van der Waals surface area contributed by atoms with E-state index in [9.17, 15) is 4.79 Å². The first-order valence-corrected chi connectivity index (χ1v) is 10.3. The highest BCUT2D eigenvalue weighted by Gasteiger charge is 2.19. The molecule has 9 nitrogen and oxygen atoms in total. The lowest BCUT2D eigenvalue weighted by Crippen LogP contribution is -2.21. The lowest BCUT2D eigenvalue weighted by Gasteiger charge is -2.10. The van der Waals surface area contributed by atoms with Crippen LogP contribution in [0, 0.1) is 0 Å². The predicted octanol–water partition coefficient (Wildman–Crippen LogP) is 2.70. The molecule has 0 aliphatic heterocycles. The summed E-state index contributed by atoms with van der Waals surface area (Å²) in [5, 5.41) is 3.35. The molecule has 0 amide bonds. The van der Waals surface area contributed by atoms with E-state index in [1.54, 1.807) is 24.1 Å². The van der Waals surface area contributed by atoms with Gasteiger partial charge in [0.15, 0.2) is 11.5 Å². The molecule has 0 saturated carbocycles. The summed E-state index contributed by atoms with van der Waals surface area (Å²) in [6, 6.07) is 7.77. The molecular weight excluding hydrogens is 414 g/mol. The smallest absolute Gasteiger partial charge is 0.340 e. The Balaban J connectivity index is 1.74. The molecule has 4 rings (SSSR count). The Bertz CT molecular complexity index is 1240. The Morgan fingerprint density at radius 1 is 1.10 bits per heavy atom. The van der Waals surface area contributed by atoms with Gasteiger partial charge in [-0.1, -0.05) is 31.9 Å². The number of methoxy groups -OCH3 is 1. The summed E-state index contributed by atoms with van der Waals surface area (Å²) in [5.41, 5.74) is 2.63. The minimum Gasteiger partial charge on any atom is -0.497 e. The Hall–Kier alpha value is -3.40. The highest BCUT2D eigenvalue weighted by molar-refractivity contribution is 7.78. The molecule has 0 aliphatic rings. The van der Waals surface area contributed by atoms with Crippen molar-refractivity contribution in [2.24, 2.45) is 0 Å². The van der Waals surface area contributed by atoms with Crippen LogP contribution in [0.1, 0.15) is 30.3 Å². The van der Waals surface area contributed by atoms with Crippen LogP contribution < -0.4 is 15.7 Å². The van der Waals surface area contributed by atoms with Gasteiger partial charge in [0, 0.05) is 30.9 Å². The van der Waals surface area contributed by atoms with Gasteiger partial charge >= 0.3 is 5.69 Å². The average molecular weight is 438 g/mol. The Morgan fingerprint density at radius 3 is 2.52 bits per heavy atom. The van der Waals surface area contributed by atoms with Gasteiger partial charge in [-0.15, -0.1) is 0 Å². The van der Waals surface area contributed by atoms with Gasteiger partial charge in [-0.2, -0.15) is 0 Å². The molecule has 0 unspecified atom stereocenters. The summed E-state index contributed by atoms with van der Waals surface area (Å²) in [6.45, 7) is 2.89. The van der Waals surface area contributed by atoms with Crippen LogP contribution in [0.25, 0.3) is 11.2 Å². The van der Waals surface area contributed by atoms with Crippen LogP contribution in [-0.4, -0.2) is 35.6 Å². The maximum atomic E-state index is 13.0. The number of rotatable bonds is 8. The molecule has 0 saturated heterocycles. The van der Waals surface area contributed by atoms with Crippen molar-refractivity contribution in [2.45, 2.75) is 32.9 Å². The quantitative estimate of drug-likeness (QED) is 0.409. The normalized spacial score (nSPS) is 11.1. The molecule has 31 heavy (non-hydrogen) atoms. The van der Waals surface area contributed by atoms with Crippen LogP contribution in [0.5, 0.6) is 5.75 Å². The van der Waals surface area contributed by atoms with E-state index < -0.39 is 0 Å². The zero-order valence-electron chi connectivity index (χ0n) is 17.3. The zero-order chi connectivity index (χ0) is 21.8. The van der Waals surface area contributed by atoms with Gasteiger partial charge in [0.05, 0.1) is 13.7 Å². The molecule has 1 N–H and O–H groups in total. The highest BCUT2D eigenvalue weighted by atomic mass is 32.1. The Labute approximate surface area is 184 Å². The van der Waals surface area contributed by atoms with E-state index in [2.05, 4.69) is 45.0 Å². The number of nitrogens with zero attached hydrogens (tertiary/aromatic N) is 6. The van der Waals surface area contributed by atoms with Crippen molar-refractivity contribution in [3.8, 4) is 5.75 Å². The maximum Gasteiger partial charge on any atom is 0.340 e. The number of nitrogens with one attached hydrogen (secondary N) is 1. The molecule has 3 heterocycles. The lowest BCUT2D eigenvalue weighted by atomic mass is 10.2. The largest absolute Gasteiger partial charge is 0.497 e. The third kappa shape index (κ3) is 4.38. The second-order valence-corrected chi connectivity index (χ2v) is 7.44. The summed E-state index contributed by atoms with van der Waals surface area (Å²) in [6.07, 6.45) is 6.41. The fourth-order valence-corrected chi connectivity index (χ4v) is 3.59. The SMILES string of the molecule is CCCc1nc(NCc2ccc(OC)cc2)c2c(n1)n(Cc1cncnc1)c(=O)n2S. The molecule has 0 spiro atoms. The van der Waals surface area contributed by atoms with Crippen LogP contribution in [-0.2, 0) is 19.5 Å². The van der Waals surface area contributed by atoms with E-state index in [1.165, 1.54) is 10.3 Å². The molecule has 3 aromatic heterocycles. The third-order valence-electron chi connectivity index (χ3n) is 4.84. The zero-order valence-corrected chi connectivity index (χ0v) is 18.2. The molecule has 0 atom stereocenters. The predicted molar refractivity (Wildman–Crippen MR) is 122 cm³/mol. The number of aryl methyl sites for hydroxylation is 1. The second-order valence-electron chi connectivity index (χ2n) is 7.04. The van der Waals surface area contributed by atoms with Crippen molar-refractivity contribution >= 4 is 29.8 Å². The van der Waals surface area contributed by atoms with Crippen molar-refractivity contribution in [1.82, 2.24) is 28.5 Å². The number of imidazole rings is 1. The molecule has 10 heteroatoms. The Kier molecular flexibility index (Phi) is 6.17. The number of hydrogen-bond acceptors (Lipinski definition) is 8. The van der Waals surface area contributed by atoms with Crippen molar-refractivity contribution in [1.29, 1.82) is 0 Å². The fourth-order valence-electron chi connectivity index (χ4n) is 3.30. The fraction of sp³-hybridized carbons (Fsp3) is 0.286. The van der Waals surface area contributed by atoms with Crippen molar-refractivity contribution in [3.63, 3.8) is 0 Å². The van der Waals surface area contributed by atoms with Crippen LogP contribution in [0.2, 0.25) is 0 Å². The summed E-state index contributed by atoms with van der Waals surface area (Å²) >= 11 is 4.43. The molecule has 4 aromatic rings. The number of thiol groups is 1. The first kappa shape index (κ1) is 20.9. The maximum absolute atomic E-state index is 13.0. The number of anilines is 1. The van der Waals surface area contributed by atoms with Gasteiger partial charge in [-0.25, -0.2) is 28.7 Å². The monoisotopic (exact) mass is 437 g/mol. The van der Waals surface area contributed by atoms with Gasteiger partial charge in [-0.3, -0.25) is 4.57 Å². The van der Waals surface area contributed by atoms with E-state index in [0.717, 1.165) is 23.3 Å². The van der Waals surface area contributed by atoms with Crippen molar-refractivity contribution in [2.75, 3.05) is 12.4 Å². The molecular formula is C21H23N7O2S. The minimum atomic E-state index is -0.294. The third-order valence-corrected chi connectivity index (χ3v) is 5.21. The van der Waals surface area contributed by atoms with Gasteiger partial charge < -0.3 is 10.1 Å². The van der Waals surface area contributed by atoms with E-state index in [4.69, 9.17) is 4.74 Å². The molecule has 1 aromatic carbocycles. The van der Waals surface area contributed by atoms with E-state index in [0.29, 0.717) is 42.3 Å². The summed E-state index contributed by atoms with van der Waals surface area (Å²) in [7, 11) is 1.64. The van der Waals surface area contributed by atoms with Crippen molar-refractivity contribution in [3.05, 3.63) is 70.4 Å². The number of hydrogen-bond donors (Lipinski definition) is 2. The van der Waals surface area contributed by atoms with E-state index >= 15 is 0 Å². The van der Waals surface area contributed by atoms with Crippen LogP contribution in [0.3, 0.4) is 0 Å². The molecule has 0 aliphatic carbocycles.